The molecule has 0 saturated carbocycles. The van der Waals surface area contributed by atoms with Crippen molar-refractivity contribution in [3.8, 4) is 0 Å². The van der Waals surface area contributed by atoms with E-state index in [1.165, 1.54) is 34.3 Å². The van der Waals surface area contributed by atoms with Gasteiger partial charge in [0.2, 0.25) is 5.91 Å². The fourth-order valence-corrected chi connectivity index (χ4v) is 3.76. The van der Waals surface area contributed by atoms with E-state index in [9.17, 15) is 40.4 Å². The lowest BCUT2D eigenvalue weighted by Crippen LogP contribution is -2.52. The van der Waals surface area contributed by atoms with Crippen LogP contribution >= 0.6 is 0 Å². The average molecular weight is 462 g/mol. The number of amides is 1. The zero-order chi connectivity index (χ0) is 23.7. The van der Waals surface area contributed by atoms with Gasteiger partial charge in [-0.1, -0.05) is 24.3 Å². The summed E-state index contributed by atoms with van der Waals surface area (Å²) in [5.74, 6) is -0.936. The van der Waals surface area contributed by atoms with Gasteiger partial charge < -0.3 is 4.90 Å². The van der Waals surface area contributed by atoms with Gasteiger partial charge in [-0.3, -0.25) is 4.79 Å². The molecule has 0 aromatic heterocycles. The Labute approximate surface area is 178 Å². The van der Waals surface area contributed by atoms with Gasteiger partial charge in [0.25, 0.3) is 0 Å². The fourth-order valence-electron chi connectivity index (χ4n) is 3.76. The first-order valence-electron chi connectivity index (χ1n) is 9.57. The van der Waals surface area contributed by atoms with Gasteiger partial charge in [-0.05, 0) is 53.8 Å². The standard InChI is InChI=1S/C21H17F7N2O2/c22-16-7-4-13(5-8-16)11-18(31)30-10-2-1-3-14-12-15(6-9-17(14)30)19(29-32,20(23,24)25)21(26,27)28/h4-9,12H,1-3,10-11H2. The van der Waals surface area contributed by atoms with Crippen LogP contribution in [0.5, 0.6) is 0 Å². The molecule has 0 atom stereocenters. The molecule has 0 aliphatic carbocycles. The zero-order valence-electron chi connectivity index (χ0n) is 16.4. The number of halogens is 7. The van der Waals surface area contributed by atoms with E-state index < -0.39 is 35.2 Å². The number of carbonyl (C=O) groups is 1. The molecule has 0 bridgehead atoms. The Kier molecular flexibility index (Phi) is 6.30. The second kappa shape index (κ2) is 8.51. The first kappa shape index (κ1) is 23.7. The number of carbonyl (C=O) groups excluding carboxylic acids is 1. The highest BCUT2D eigenvalue weighted by Gasteiger charge is 2.74. The van der Waals surface area contributed by atoms with Crippen molar-refractivity contribution in [1.82, 2.24) is 0 Å². The molecule has 172 valence electrons. The molecule has 0 spiro atoms. The third-order valence-corrected chi connectivity index (χ3v) is 5.39. The summed E-state index contributed by atoms with van der Waals surface area (Å²) < 4.78 is 93.7. The van der Waals surface area contributed by atoms with E-state index in [0.29, 0.717) is 30.5 Å². The zero-order valence-corrected chi connectivity index (χ0v) is 16.4. The maximum Gasteiger partial charge on any atom is 0.430 e. The number of aryl methyl sites for hydroxylation is 1. The summed E-state index contributed by atoms with van der Waals surface area (Å²) in [7, 11) is 0. The van der Waals surface area contributed by atoms with E-state index in [1.54, 1.807) is 0 Å². The van der Waals surface area contributed by atoms with Gasteiger partial charge in [-0.25, -0.2) is 4.39 Å². The fraction of sp³-hybridized carbons (Fsp3) is 0.381. The molecule has 32 heavy (non-hydrogen) atoms. The van der Waals surface area contributed by atoms with Crippen LogP contribution in [0.3, 0.4) is 0 Å². The molecular formula is C21H17F7N2O2. The quantitative estimate of drug-likeness (QED) is 0.425. The molecule has 2 aromatic carbocycles. The highest BCUT2D eigenvalue weighted by Crippen LogP contribution is 2.53. The number of alkyl halides is 6. The topological polar surface area (TPSA) is 49.7 Å². The lowest BCUT2D eigenvalue weighted by Gasteiger charge is -2.32. The number of hydrogen-bond acceptors (Lipinski definition) is 3. The molecule has 2 aromatic rings. The van der Waals surface area contributed by atoms with E-state index in [2.05, 4.69) is 0 Å². The van der Waals surface area contributed by atoms with Gasteiger partial charge in [0.05, 0.1) is 6.42 Å². The first-order chi connectivity index (χ1) is 14.9. The predicted molar refractivity (Wildman–Crippen MR) is 101 cm³/mol. The van der Waals surface area contributed by atoms with E-state index >= 15 is 0 Å². The van der Waals surface area contributed by atoms with Gasteiger partial charge in [0, 0.05) is 17.8 Å². The maximum atomic E-state index is 13.4. The minimum atomic E-state index is -6.01. The third-order valence-electron chi connectivity index (χ3n) is 5.39. The molecule has 1 aliphatic heterocycles. The Morgan fingerprint density at radius 2 is 1.56 bits per heavy atom. The summed E-state index contributed by atoms with van der Waals surface area (Å²) in [6, 6.07) is 7.33. The van der Waals surface area contributed by atoms with Crippen LogP contribution in [0.1, 0.15) is 29.5 Å². The van der Waals surface area contributed by atoms with Crippen LogP contribution in [-0.2, 0) is 23.2 Å². The number of nitroso groups, excluding NO2 is 1. The van der Waals surface area contributed by atoms with Crippen molar-refractivity contribution in [2.75, 3.05) is 11.4 Å². The number of hydrogen-bond donors (Lipinski definition) is 0. The molecule has 4 nitrogen and oxygen atoms in total. The van der Waals surface area contributed by atoms with Crippen LogP contribution in [0.15, 0.2) is 47.6 Å². The SMILES string of the molecule is O=NC(c1ccc2c(c1)CCCCN2C(=O)Cc1ccc(F)cc1)(C(F)(F)F)C(F)(F)F. The van der Waals surface area contributed by atoms with Crippen molar-refractivity contribution in [2.45, 2.75) is 43.6 Å². The molecular weight excluding hydrogens is 445 g/mol. The Bertz CT molecular complexity index is 987. The number of anilines is 1. The molecule has 11 heteroatoms. The molecule has 0 radical (unpaired) electrons. The van der Waals surface area contributed by atoms with Gasteiger partial charge in [-0.15, -0.1) is 4.91 Å². The average Bonchev–Trinajstić information content (AvgIpc) is 2.90. The number of benzene rings is 2. The molecule has 0 unspecified atom stereocenters. The number of nitrogens with zero attached hydrogens (tertiary/aromatic N) is 2. The van der Waals surface area contributed by atoms with Crippen molar-refractivity contribution in [1.29, 1.82) is 0 Å². The molecule has 1 aliphatic rings. The minimum Gasteiger partial charge on any atom is -0.312 e. The van der Waals surface area contributed by atoms with Crippen molar-refractivity contribution >= 4 is 11.6 Å². The van der Waals surface area contributed by atoms with Crippen molar-refractivity contribution in [2.24, 2.45) is 5.18 Å². The van der Waals surface area contributed by atoms with Gasteiger partial charge in [0.15, 0.2) is 0 Å². The normalized spacial score (nSPS) is 15.2. The van der Waals surface area contributed by atoms with Crippen molar-refractivity contribution in [3.63, 3.8) is 0 Å². The summed E-state index contributed by atoms with van der Waals surface area (Å²) in [5.41, 5.74) is -5.52. The van der Waals surface area contributed by atoms with E-state index in [0.717, 1.165) is 6.07 Å². The Morgan fingerprint density at radius 1 is 0.938 bits per heavy atom. The summed E-state index contributed by atoms with van der Waals surface area (Å²) in [4.78, 5) is 25.1. The van der Waals surface area contributed by atoms with Crippen molar-refractivity contribution < 1.29 is 35.5 Å². The lowest BCUT2D eigenvalue weighted by molar-refractivity contribution is -0.301. The van der Waals surface area contributed by atoms with E-state index in [4.69, 9.17) is 0 Å². The predicted octanol–water partition coefficient (Wildman–Crippen LogP) is 5.82. The van der Waals surface area contributed by atoms with Crippen LogP contribution in [-0.4, -0.2) is 24.8 Å². The monoisotopic (exact) mass is 462 g/mol. The maximum absolute atomic E-state index is 13.4. The summed E-state index contributed by atoms with van der Waals surface area (Å²) in [5, 5.41) is 1.51. The highest BCUT2D eigenvalue weighted by atomic mass is 19.4. The molecule has 1 amide bonds. The molecule has 3 rings (SSSR count). The lowest BCUT2D eigenvalue weighted by atomic mass is 9.87. The van der Waals surface area contributed by atoms with Crippen LogP contribution < -0.4 is 4.90 Å². The second-order valence-corrected chi connectivity index (χ2v) is 7.45. The second-order valence-electron chi connectivity index (χ2n) is 7.45. The number of fused-ring (bicyclic) bond motifs is 1. The Balaban J connectivity index is 2.02. The minimum absolute atomic E-state index is 0.0778. The van der Waals surface area contributed by atoms with Crippen LogP contribution in [0.25, 0.3) is 0 Å². The van der Waals surface area contributed by atoms with Gasteiger partial charge in [-0.2, -0.15) is 26.3 Å². The first-order valence-corrected chi connectivity index (χ1v) is 9.57. The van der Waals surface area contributed by atoms with Crippen LogP contribution in [0.4, 0.5) is 36.4 Å². The summed E-state index contributed by atoms with van der Waals surface area (Å²) >= 11 is 0. The van der Waals surface area contributed by atoms with E-state index in [1.807, 2.05) is 0 Å². The molecule has 0 fully saturated rings. The highest BCUT2D eigenvalue weighted by molar-refractivity contribution is 5.95. The van der Waals surface area contributed by atoms with Gasteiger partial charge in [0.1, 0.15) is 5.82 Å². The van der Waals surface area contributed by atoms with E-state index in [-0.39, 0.29) is 30.6 Å². The third kappa shape index (κ3) is 4.20. The Hall–Kier alpha value is -2.98. The summed E-state index contributed by atoms with van der Waals surface area (Å²) in [6.45, 7) is 0.210. The summed E-state index contributed by atoms with van der Waals surface area (Å²) in [6.07, 6.45) is -11.2. The molecule has 1 heterocycles. The largest absolute Gasteiger partial charge is 0.430 e. The van der Waals surface area contributed by atoms with Crippen LogP contribution in [0.2, 0.25) is 0 Å². The molecule has 0 saturated heterocycles. The Morgan fingerprint density at radius 3 is 2.12 bits per heavy atom. The van der Waals surface area contributed by atoms with Gasteiger partial charge >= 0.3 is 17.9 Å². The molecule has 0 N–H and O–H groups in total. The van der Waals surface area contributed by atoms with Crippen LogP contribution in [0, 0.1) is 10.7 Å². The smallest absolute Gasteiger partial charge is 0.312 e. The van der Waals surface area contributed by atoms with Crippen molar-refractivity contribution in [3.05, 3.63) is 69.9 Å². The number of rotatable bonds is 4.